The monoisotopic (exact) mass is 510 g/mol. The molecule has 0 saturated carbocycles. The summed E-state index contributed by atoms with van der Waals surface area (Å²) < 4.78 is 15.9. The number of nitrogens with zero attached hydrogens (tertiary/aromatic N) is 2. The third kappa shape index (κ3) is 6.61. The zero-order valence-electron chi connectivity index (χ0n) is 21.9. The van der Waals surface area contributed by atoms with Crippen molar-refractivity contribution in [3.8, 4) is 6.07 Å². The molecule has 3 N–H and O–H groups in total. The van der Waals surface area contributed by atoms with Crippen LogP contribution in [0.3, 0.4) is 0 Å². The Hall–Kier alpha value is -4.00. The fourth-order valence-corrected chi connectivity index (χ4v) is 4.39. The Bertz CT molecular complexity index is 1150. The number of esters is 1. The topological polar surface area (TPSA) is 144 Å². The number of nitriles is 1. The minimum atomic E-state index is -0.767. The summed E-state index contributed by atoms with van der Waals surface area (Å²) in [5, 5.41) is 12.6. The molecule has 2 aliphatic rings. The van der Waals surface area contributed by atoms with Crippen LogP contribution < -0.4 is 11.1 Å². The molecule has 1 aromatic carbocycles. The van der Waals surface area contributed by atoms with E-state index in [1.807, 2.05) is 26.8 Å². The van der Waals surface area contributed by atoms with Crippen molar-refractivity contribution >= 4 is 18.0 Å². The number of nitrogens with two attached hydrogens (primary N) is 1. The van der Waals surface area contributed by atoms with E-state index in [-0.39, 0.29) is 41.3 Å². The fourth-order valence-electron chi connectivity index (χ4n) is 4.39. The van der Waals surface area contributed by atoms with Crippen LogP contribution >= 0.6 is 0 Å². The van der Waals surface area contributed by atoms with Crippen LogP contribution in [0.25, 0.3) is 0 Å². The number of carbonyl (C=O) groups is 3. The van der Waals surface area contributed by atoms with Gasteiger partial charge < -0.3 is 30.2 Å². The van der Waals surface area contributed by atoms with Gasteiger partial charge >= 0.3 is 12.1 Å². The maximum atomic E-state index is 13.1. The van der Waals surface area contributed by atoms with Crippen LogP contribution in [0.4, 0.5) is 4.79 Å². The molecule has 0 bridgehead atoms. The van der Waals surface area contributed by atoms with Gasteiger partial charge in [-0.3, -0.25) is 4.79 Å². The lowest BCUT2D eigenvalue weighted by Gasteiger charge is -2.33. The van der Waals surface area contributed by atoms with Crippen LogP contribution in [0.5, 0.6) is 0 Å². The van der Waals surface area contributed by atoms with Gasteiger partial charge in [-0.25, -0.2) is 9.59 Å². The van der Waals surface area contributed by atoms with Gasteiger partial charge in [0.25, 0.3) is 5.91 Å². The molecule has 10 heteroatoms. The number of hydrogen-bond donors (Lipinski definition) is 2. The Morgan fingerprint density at radius 1 is 1.19 bits per heavy atom. The number of ether oxygens (including phenoxy) is 3. The molecule has 1 aromatic rings. The highest BCUT2D eigenvalue weighted by atomic mass is 16.6. The third-order valence-electron chi connectivity index (χ3n) is 6.09. The van der Waals surface area contributed by atoms with Gasteiger partial charge in [0.2, 0.25) is 5.88 Å². The van der Waals surface area contributed by atoms with Gasteiger partial charge in [0.1, 0.15) is 23.0 Å². The van der Waals surface area contributed by atoms with Gasteiger partial charge in [0, 0.05) is 24.7 Å². The first-order valence-electron chi connectivity index (χ1n) is 12.3. The lowest BCUT2D eigenvalue weighted by atomic mass is 9.83. The summed E-state index contributed by atoms with van der Waals surface area (Å²) in [4.78, 5) is 39.6. The predicted octanol–water partition coefficient (Wildman–Crippen LogP) is 3.46. The highest BCUT2D eigenvalue weighted by Crippen LogP contribution is 2.39. The molecule has 198 valence electrons. The molecule has 1 unspecified atom stereocenters. The van der Waals surface area contributed by atoms with Gasteiger partial charge in [-0.05, 0) is 65.2 Å². The summed E-state index contributed by atoms with van der Waals surface area (Å²) in [6.45, 7) is 9.87. The Balaban J connectivity index is 1.71. The fraction of sp³-hybridized carbons (Fsp3) is 0.481. The molecule has 1 atom stereocenters. The number of benzene rings is 1. The number of nitrogens with one attached hydrogen (secondary N) is 1. The van der Waals surface area contributed by atoms with Crippen LogP contribution in [0.15, 0.2) is 47.1 Å². The van der Waals surface area contributed by atoms with Crippen LogP contribution in [0.1, 0.15) is 69.3 Å². The Kier molecular flexibility index (Phi) is 8.48. The molecule has 1 fully saturated rings. The van der Waals surface area contributed by atoms with E-state index < -0.39 is 23.6 Å². The van der Waals surface area contributed by atoms with Crippen LogP contribution in [-0.2, 0) is 19.0 Å². The van der Waals surface area contributed by atoms with Crippen LogP contribution in [0, 0.1) is 11.3 Å². The Morgan fingerprint density at radius 3 is 2.35 bits per heavy atom. The summed E-state index contributed by atoms with van der Waals surface area (Å²) in [6, 6.07) is 8.73. The molecule has 0 aromatic heterocycles. The minimum Gasteiger partial charge on any atom is -0.463 e. The second-order valence-electron chi connectivity index (χ2n) is 9.95. The lowest BCUT2D eigenvalue weighted by Crippen LogP contribution is -2.47. The first-order valence-corrected chi connectivity index (χ1v) is 12.3. The van der Waals surface area contributed by atoms with E-state index in [1.54, 1.807) is 43.0 Å². The Labute approximate surface area is 217 Å². The lowest BCUT2D eigenvalue weighted by molar-refractivity contribution is -0.139. The summed E-state index contributed by atoms with van der Waals surface area (Å²) in [7, 11) is 0. The van der Waals surface area contributed by atoms with Gasteiger partial charge in [-0.2, -0.15) is 5.26 Å². The van der Waals surface area contributed by atoms with Crippen LogP contribution in [-0.4, -0.2) is 54.2 Å². The first kappa shape index (κ1) is 27.6. The molecule has 0 spiro atoms. The van der Waals surface area contributed by atoms with Crippen molar-refractivity contribution in [2.75, 3.05) is 19.7 Å². The molecule has 2 aliphatic heterocycles. The van der Waals surface area contributed by atoms with Crippen molar-refractivity contribution in [2.45, 2.75) is 65.0 Å². The highest BCUT2D eigenvalue weighted by Gasteiger charge is 2.36. The van der Waals surface area contributed by atoms with E-state index in [9.17, 15) is 19.6 Å². The normalized spacial score (nSPS) is 18.6. The van der Waals surface area contributed by atoms with Gasteiger partial charge in [0.05, 0.1) is 18.1 Å². The van der Waals surface area contributed by atoms with E-state index in [0.29, 0.717) is 37.1 Å². The number of rotatable bonds is 5. The molecule has 3 rings (SSSR count). The second-order valence-corrected chi connectivity index (χ2v) is 9.95. The Morgan fingerprint density at radius 2 is 1.81 bits per heavy atom. The number of likely N-dealkylation sites (tertiary alicyclic amines) is 1. The molecule has 37 heavy (non-hydrogen) atoms. The van der Waals surface area contributed by atoms with E-state index >= 15 is 0 Å². The van der Waals surface area contributed by atoms with E-state index in [2.05, 4.69) is 5.32 Å². The van der Waals surface area contributed by atoms with Crippen molar-refractivity contribution in [1.29, 1.82) is 5.26 Å². The molecule has 0 aliphatic carbocycles. The largest absolute Gasteiger partial charge is 0.463 e. The molecular formula is C27H34N4O6. The van der Waals surface area contributed by atoms with Crippen molar-refractivity contribution < 1.29 is 28.6 Å². The standard InChI is InChI=1S/C27H34N4O6/c1-6-35-25(33)21-16(2)36-23(29)20(15-28)22(21)17-7-9-18(10-8-17)24(32)31-13-11-19(12-14-31)30-26(34)37-27(3,4)5/h7-10,19,22H,6,11-14,29H2,1-5H3,(H,30,34). The predicted molar refractivity (Wildman–Crippen MR) is 135 cm³/mol. The van der Waals surface area contributed by atoms with Crippen molar-refractivity contribution in [1.82, 2.24) is 10.2 Å². The van der Waals surface area contributed by atoms with Crippen molar-refractivity contribution in [2.24, 2.45) is 5.73 Å². The first-order chi connectivity index (χ1) is 17.4. The highest BCUT2D eigenvalue weighted by molar-refractivity contribution is 5.95. The maximum Gasteiger partial charge on any atom is 0.407 e. The quantitative estimate of drug-likeness (QED) is 0.573. The van der Waals surface area contributed by atoms with E-state index in [4.69, 9.17) is 19.9 Å². The SMILES string of the molecule is CCOC(=O)C1=C(C)OC(N)=C(C#N)C1c1ccc(C(=O)N2CCC(NC(=O)OC(C)(C)C)CC2)cc1. The number of hydrogen-bond acceptors (Lipinski definition) is 8. The number of carbonyl (C=O) groups excluding carboxylic acids is 3. The number of allylic oxidation sites excluding steroid dienone is 2. The molecule has 2 heterocycles. The zero-order valence-corrected chi connectivity index (χ0v) is 21.9. The van der Waals surface area contributed by atoms with Crippen LogP contribution in [0.2, 0.25) is 0 Å². The number of amides is 2. The van der Waals surface area contributed by atoms with E-state index in [0.717, 1.165) is 0 Å². The summed E-state index contributed by atoms with van der Waals surface area (Å²) >= 11 is 0. The third-order valence-corrected chi connectivity index (χ3v) is 6.09. The molecule has 0 radical (unpaired) electrons. The molecular weight excluding hydrogens is 476 g/mol. The molecule has 2 amide bonds. The average Bonchev–Trinajstić information content (AvgIpc) is 2.82. The van der Waals surface area contributed by atoms with Gasteiger partial charge in [0.15, 0.2) is 0 Å². The average molecular weight is 511 g/mol. The number of alkyl carbamates (subject to hydrolysis) is 1. The van der Waals surface area contributed by atoms with Crippen molar-refractivity contribution in [3.05, 3.63) is 58.2 Å². The van der Waals surface area contributed by atoms with Crippen molar-refractivity contribution in [3.63, 3.8) is 0 Å². The zero-order chi connectivity index (χ0) is 27.3. The second kappa shape index (κ2) is 11.4. The van der Waals surface area contributed by atoms with E-state index in [1.165, 1.54) is 0 Å². The maximum absolute atomic E-state index is 13.1. The summed E-state index contributed by atoms with van der Waals surface area (Å²) in [5.74, 6) is -1.30. The number of piperidine rings is 1. The molecule has 1 saturated heterocycles. The minimum absolute atomic E-state index is 0.0623. The van der Waals surface area contributed by atoms with Gasteiger partial charge in [-0.15, -0.1) is 0 Å². The summed E-state index contributed by atoms with van der Waals surface area (Å²) in [6.07, 6.45) is 0.778. The summed E-state index contributed by atoms with van der Waals surface area (Å²) in [5.41, 5.74) is 6.77. The molecule has 10 nitrogen and oxygen atoms in total. The smallest absolute Gasteiger partial charge is 0.407 e. The van der Waals surface area contributed by atoms with Gasteiger partial charge in [-0.1, -0.05) is 12.1 Å².